The summed E-state index contributed by atoms with van der Waals surface area (Å²) in [5, 5.41) is 9.27. The molecule has 2 aliphatic carbocycles. The van der Waals surface area contributed by atoms with Crippen LogP contribution in [0.5, 0.6) is 0 Å². The molecular weight excluding hydrogens is 200 g/mol. The van der Waals surface area contributed by atoms with Crippen LogP contribution >= 0.6 is 0 Å². The average Bonchev–Trinajstić information content (AvgIpc) is 2.99. The molecule has 0 spiro atoms. The van der Waals surface area contributed by atoms with Gasteiger partial charge in [0.1, 0.15) is 0 Å². The first-order chi connectivity index (χ1) is 7.68. The molecule has 1 aromatic rings. The molecule has 0 radical (unpaired) electrons. The summed E-state index contributed by atoms with van der Waals surface area (Å²) in [6.07, 6.45) is 3.38. The van der Waals surface area contributed by atoms with Gasteiger partial charge in [-0.15, -0.1) is 0 Å². The Morgan fingerprint density at radius 2 is 2.12 bits per heavy atom. The first-order valence-electron chi connectivity index (χ1n) is 6.00. The highest BCUT2D eigenvalue weighted by Gasteiger charge is 2.43. The third-order valence-electron chi connectivity index (χ3n) is 4.08. The van der Waals surface area contributed by atoms with E-state index in [9.17, 15) is 9.90 Å². The Morgan fingerprint density at radius 3 is 2.75 bits per heavy atom. The highest BCUT2D eigenvalue weighted by atomic mass is 16.4. The van der Waals surface area contributed by atoms with Gasteiger partial charge in [-0.05, 0) is 54.7 Å². The van der Waals surface area contributed by atoms with Crippen molar-refractivity contribution in [1.29, 1.82) is 0 Å². The molecule has 2 aliphatic rings. The van der Waals surface area contributed by atoms with E-state index in [1.54, 1.807) is 0 Å². The zero-order chi connectivity index (χ0) is 11.3. The van der Waals surface area contributed by atoms with E-state index in [0.717, 1.165) is 17.9 Å². The number of hydrogen-bond donors (Lipinski definition) is 1. The quantitative estimate of drug-likeness (QED) is 0.825. The minimum atomic E-state index is -0.657. The topological polar surface area (TPSA) is 37.3 Å². The third-order valence-corrected chi connectivity index (χ3v) is 4.08. The van der Waals surface area contributed by atoms with Crippen molar-refractivity contribution in [1.82, 2.24) is 0 Å². The summed E-state index contributed by atoms with van der Waals surface area (Å²) < 4.78 is 0. The van der Waals surface area contributed by atoms with E-state index >= 15 is 0 Å². The molecule has 1 N–H and O–H groups in total. The molecule has 16 heavy (non-hydrogen) atoms. The second kappa shape index (κ2) is 3.34. The summed E-state index contributed by atoms with van der Waals surface area (Å²) in [7, 11) is 0. The van der Waals surface area contributed by atoms with Gasteiger partial charge < -0.3 is 5.11 Å². The zero-order valence-electron chi connectivity index (χ0n) is 9.44. The molecule has 0 aliphatic heterocycles. The number of aryl methyl sites for hydroxylation is 1. The Hall–Kier alpha value is -1.31. The van der Waals surface area contributed by atoms with Gasteiger partial charge in [0.2, 0.25) is 0 Å². The third kappa shape index (κ3) is 1.36. The van der Waals surface area contributed by atoms with Crippen molar-refractivity contribution in [3.05, 3.63) is 34.9 Å². The Kier molecular flexibility index (Phi) is 2.06. The highest BCUT2D eigenvalue weighted by molar-refractivity contribution is 5.78. The van der Waals surface area contributed by atoms with Gasteiger partial charge in [-0.25, -0.2) is 0 Å². The number of carbonyl (C=O) groups is 1. The fourth-order valence-corrected chi connectivity index (χ4v) is 3.17. The van der Waals surface area contributed by atoms with Crippen LogP contribution in [-0.4, -0.2) is 11.1 Å². The number of rotatable bonds is 2. The monoisotopic (exact) mass is 216 g/mol. The first-order valence-corrected chi connectivity index (χ1v) is 6.00. The van der Waals surface area contributed by atoms with E-state index in [1.165, 1.54) is 24.0 Å². The molecule has 1 saturated carbocycles. The van der Waals surface area contributed by atoms with Crippen LogP contribution in [0.2, 0.25) is 0 Å². The normalized spacial score (nSPS) is 27.8. The van der Waals surface area contributed by atoms with Crippen LogP contribution in [0.3, 0.4) is 0 Å². The molecule has 0 aromatic heterocycles. The summed E-state index contributed by atoms with van der Waals surface area (Å²) in [5.41, 5.74) is 3.69. The van der Waals surface area contributed by atoms with Gasteiger partial charge in [0.05, 0.1) is 5.92 Å². The maximum Gasteiger partial charge on any atom is 0.311 e. The molecule has 2 heteroatoms. The number of fused-ring (bicyclic) bond motifs is 1. The molecule has 84 valence electrons. The van der Waals surface area contributed by atoms with Crippen LogP contribution in [0.1, 0.15) is 47.8 Å². The Balaban J connectivity index is 2.09. The predicted molar refractivity (Wildman–Crippen MR) is 61.6 cm³/mol. The van der Waals surface area contributed by atoms with Crippen LogP contribution in [0, 0.1) is 12.8 Å². The molecule has 0 saturated heterocycles. The van der Waals surface area contributed by atoms with Gasteiger partial charge in [0.25, 0.3) is 0 Å². The largest absolute Gasteiger partial charge is 0.481 e. The van der Waals surface area contributed by atoms with Gasteiger partial charge >= 0.3 is 5.97 Å². The van der Waals surface area contributed by atoms with Crippen LogP contribution in [-0.2, 0) is 4.79 Å². The Morgan fingerprint density at radius 1 is 1.38 bits per heavy atom. The molecule has 0 bridgehead atoms. The predicted octanol–water partition coefficient (Wildman–Crippen LogP) is 3.06. The van der Waals surface area contributed by atoms with E-state index in [0.29, 0.717) is 5.92 Å². The molecule has 1 fully saturated rings. The lowest BCUT2D eigenvalue weighted by atomic mass is 9.93. The van der Waals surface area contributed by atoms with Crippen molar-refractivity contribution >= 4 is 5.97 Å². The molecule has 3 rings (SSSR count). The minimum absolute atomic E-state index is 0.263. The van der Waals surface area contributed by atoms with E-state index in [2.05, 4.69) is 13.0 Å². The second-order valence-electron chi connectivity index (χ2n) is 5.15. The van der Waals surface area contributed by atoms with E-state index < -0.39 is 5.97 Å². The van der Waals surface area contributed by atoms with Crippen LogP contribution < -0.4 is 0 Å². The van der Waals surface area contributed by atoms with E-state index in [-0.39, 0.29) is 5.92 Å². The molecular formula is C14H16O2. The zero-order valence-corrected chi connectivity index (χ0v) is 9.44. The fourth-order valence-electron chi connectivity index (χ4n) is 3.17. The average molecular weight is 216 g/mol. The maximum absolute atomic E-state index is 11.3. The van der Waals surface area contributed by atoms with Crippen molar-refractivity contribution in [2.24, 2.45) is 5.92 Å². The standard InChI is InChI=1S/C14H16O2/c1-8-3-2-4-10-12(14(15)16)7-11(13(8)10)9-5-6-9/h2-4,9,11-12H,5-7H2,1H3,(H,15,16). The summed E-state index contributed by atoms with van der Waals surface area (Å²) in [6, 6.07) is 6.10. The van der Waals surface area contributed by atoms with Crippen molar-refractivity contribution in [2.45, 2.75) is 38.0 Å². The van der Waals surface area contributed by atoms with E-state index in [4.69, 9.17) is 0 Å². The van der Waals surface area contributed by atoms with Crippen molar-refractivity contribution in [3.63, 3.8) is 0 Å². The summed E-state index contributed by atoms with van der Waals surface area (Å²) in [5.74, 6) is 0.344. The Bertz CT molecular complexity index is 446. The number of aliphatic carboxylic acids is 1. The van der Waals surface area contributed by atoms with Crippen molar-refractivity contribution in [2.75, 3.05) is 0 Å². The lowest BCUT2D eigenvalue weighted by Gasteiger charge is -2.12. The van der Waals surface area contributed by atoms with Crippen LogP contribution in [0.15, 0.2) is 18.2 Å². The van der Waals surface area contributed by atoms with E-state index in [1.807, 2.05) is 12.1 Å². The molecule has 1 aromatic carbocycles. The smallest absolute Gasteiger partial charge is 0.311 e. The SMILES string of the molecule is Cc1cccc2c1C(C1CC1)CC2C(=O)O. The number of hydrogen-bond acceptors (Lipinski definition) is 1. The highest BCUT2D eigenvalue weighted by Crippen LogP contribution is 2.54. The number of carboxylic acid groups (broad SMARTS) is 1. The van der Waals surface area contributed by atoms with Crippen LogP contribution in [0.25, 0.3) is 0 Å². The molecule has 2 atom stereocenters. The second-order valence-corrected chi connectivity index (χ2v) is 5.15. The molecule has 2 unspecified atom stereocenters. The van der Waals surface area contributed by atoms with Gasteiger partial charge in [-0.3, -0.25) is 4.79 Å². The number of benzene rings is 1. The minimum Gasteiger partial charge on any atom is -0.481 e. The van der Waals surface area contributed by atoms with Crippen LogP contribution in [0.4, 0.5) is 0 Å². The van der Waals surface area contributed by atoms with Gasteiger partial charge in [0, 0.05) is 0 Å². The lowest BCUT2D eigenvalue weighted by molar-refractivity contribution is -0.138. The molecule has 0 amide bonds. The summed E-state index contributed by atoms with van der Waals surface area (Å²) >= 11 is 0. The fraction of sp³-hybridized carbons (Fsp3) is 0.500. The molecule has 2 nitrogen and oxygen atoms in total. The van der Waals surface area contributed by atoms with Crippen molar-refractivity contribution < 1.29 is 9.90 Å². The molecule has 0 heterocycles. The Labute approximate surface area is 95.3 Å². The summed E-state index contributed by atoms with van der Waals surface area (Å²) in [6.45, 7) is 2.11. The maximum atomic E-state index is 11.3. The number of carboxylic acids is 1. The van der Waals surface area contributed by atoms with Crippen molar-refractivity contribution in [3.8, 4) is 0 Å². The van der Waals surface area contributed by atoms with Gasteiger partial charge in [-0.2, -0.15) is 0 Å². The van der Waals surface area contributed by atoms with Gasteiger partial charge in [-0.1, -0.05) is 18.2 Å². The summed E-state index contributed by atoms with van der Waals surface area (Å²) in [4.78, 5) is 11.3. The lowest BCUT2D eigenvalue weighted by Crippen LogP contribution is -2.08. The first kappa shape index (κ1) is 9.88. The van der Waals surface area contributed by atoms with Gasteiger partial charge in [0.15, 0.2) is 0 Å².